The number of hydrogen-bond donors (Lipinski definition) is 1. The Hall–Kier alpha value is -1.35. The first kappa shape index (κ1) is 14.6. The minimum absolute atomic E-state index is 0.607. The highest BCUT2D eigenvalue weighted by Gasteiger charge is 2.25. The van der Waals surface area contributed by atoms with Gasteiger partial charge < -0.3 is 9.88 Å². The molecule has 1 heterocycles. The van der Waals surface area contributed by atoms with Gasteiger partial charge in [-0.15, -0.1) is 0 Å². The van der Waals surface area contributed by atoms with Gasteiger partial charge in [0.05, 0.1) is 11.0 Å². The first-order chi connectivity index (χ1) is 10.3. The molecule has 3 heteroatoms. The highest BCUT2D eigenvalue weighted by molar-refractivity contribution is 5.76. The summed E-state index contributed by atoms with van der Waals surface area (Å²) >= 11 is 0. The van der Waals surface area contributed by atoms with Crippen LogP contribution in [0.15, 0.2) is 24.3 Å². The number of aromatic nitrogens is 2. The Morgan fingerprint density at radius 3 is 2.90 bits per heavy atom. The minimum Gasteiger partial charge on any atom is -0.325 e. The van der Waals surface area contributed by atoms with Gasteiger partial charge in [-0.2, -0.15) is 0 Å². The van der Waals surface area contributed by atoms with E-state index in [2.05, 4.69) is 48.0 Å². The number of hydrogen-bond acceptors (Lipinski definition) is 2. The van der Waals surface area contributed by atoms with Crippen molar-refractivity contribution in [1.82, 2.24) is 14.9 Å². The van der Waals surface area contributed by atoms with Gasteiger partial charge in [-0.05, 0) is 50.8 Å². The molecule has 114 valence electrons. The van der Waals surface area contributed by atoms with E-state index in [-0.39, 0.29) is 0 Å². The summed E-state index contributed by atoms with van der Waals surface area (Å²) in [6, 6.07) is 9.87. The van der Waals surface area contributed by atoms with Crippen LogP contribution in [0.1, 0.15) is 57.8 Å². The first-order valence-electron chi connectivity index (χ1n) is 8.52. The normalized spacial score (nSPS) is 22.8. The van der Waals surface area contributed by atoms with Gasteiger partial charge in [0.1, 0.15) is 5.82 Å². The van der Waals surface area contributed by atoms with Gasteiger partial charge >= 0.3 is 0 Å². The summed E-state index contributed by atoms with van der Waals surface area (Å²) in [4.78, 5) is 4.84. The Kier molecular flexibility index (Phi) is 4.59. The van der Waals surface area contributed by atoms with E-state index in [1.807, 2.05) is 0 Å². The quantitative estimate of drug-likeness (QED) is 0.897. The fourth-order valence-corrected chi connectivity index (χ4v) is 3.68. The van der Waals surface area contributed by atoms with E-state index in [0.717, 1.165) is 18.5 Å². The molecule has 1 aliphatic carbocycles. The fourth-order valence-electron chi connectivity index (χ4n) is 3.68. The number of aryl methyl sites for hydroxylation is 1. The third kappa shape index (κ3) is 2.98. The molecule has 2 aromatic rings. The van der Waals surface area contributed by atoms with Gasteiger partial charge in [-0.25, -0.2) is 4.98 Å². The van der Waals surface area contributed by atoms with E-state index in [1.165, 1.54) is 43.4 Å². The zero-order valence-electron chi connectivity index (χ0n) is 13.3. The van der Waals surface area contributed by atoms with Crippen LogP contribution >= 0.6 is 0 Å². The van der Waals surface area contributed by atoms with Gasteiger partial charge in [0.2, 0.25) is 0 Å². The molecule has 1 fully saturated rings. The second-order valence-corrected chi connectivity index (χ2v) is 6.21. The second-order valence-electron chi connectivity index (χ2n) is 6.21. The molecule has 1 aromatic carbocycles. The van der Waals surface area contributed by atoms with Crippen molar-refractivity contribution in [3.63, 3.8) is 0 Å². The summed E-state index contributed by atoms with van der Waals surface area (Å²) in [5.41, 5.74) is 2.47. The standard InChI is InChI=1S/C18H27N3/c1-3-12-19-14-8-7-9-15(13-14)21-17-11-6-5-10-16(17)20-18(21)4-2/h5-6,10-11,14-15,19H,3-4,7-9,12-13H2,1-2H3. The van der Waals surface area contributed by atoms with E-state index >= 15 is 0 Å². The van der Waals surface area contributed by atoms with Crippen LogP contribution in [0.3, 0.4) is 0 Å². The highest BCUT2D eigenvalue weighted by Crippen LogP contribution is 2.32. The number of para-hydroxylation sites is 2. The second kappa shape index (κ2) is 6.61. The molecule has 0 spiro atoms. The van der Waals surface area contributed by atoms with Crippen molar-refractivity contribution >= 4 is 11.0 Å². The van der Waals surface area contributed by atoms with E-state index < -0.39 is 0 Å². The molecule has 0 radical (unpaired) electrons. The lowest BCUT2D eigenvalue weighted by Crippen LogP contribution is -2.35. The third-order valence-corrected chi connectivity index (χ3v) is 4.68. The molecule has 1 N–H and O–H groups in total. The molecule has 1 aliphatic rings. The predicted molar refractivity (Wildman–Crippen MR) is 88.7 cm³/mol. The summed E-state index contributed by atoms with van der Waals surface area (Å²) < 4.78 is 2.52. The number of fused-ring (bicyclic) bond motifs is 1. The van der Waals surface area contributed by atoms with Gasteiger partial charge in [0.15, 0.2) is 0 Å². The highest BCUT2D eigenvalue weighted by atomic mass is 15.1. The average Bonchev–Trinajstić information content (AvgIpc) is 2.91. The Morgan fingerprint density at radius 1 is 1.24 bits per heavy atom. The molecule has 3 rings (SSSR count). The lowest BCUT2D eigenvalue weighted by molar-refractivity contribution is 0.285. The molecule has 2 atom stereocenters. The van der Waals surface area contributed by atoms with Crippen molar-refractivity contribution in [2.24, 2.45) is 0 Å². The van der Waals surface area contributed by atoms with Crippen LogP contribution in [-0.2, 0) is 6.42 Å². The lowest BCUT2D eigenvalue weighted by atomic mass is 9.90. The van der Waals surface area contributed by atoms with Crippen LogP contribution in [0.5, 0.6) is 0 Å². The SMILES string of the molecule is CCCNC1CCCC(n2c(CC)nc3ccccc32)C1. The van der Waals surface area contributed by atoms with Gasteiger partial charge in [-0.3, -0.25) is 0 Å². The van der Waals surface area contributed by atoms with Gasteiger partial charge in [-0.1, -0.05) is 26.0 Å². The van der Waals surface area contributed by atoms with Crippen LogP contribution in [0.4, 0.5) is 0 Å². The molecule has 0 bridgehead atoms. The summed E-state index contributed by atoms with van der Waals surface area (Å²) in [6.45, 7) is 5.60. The molecular formula is C18H27N3. The molecule has 0 saturated heterocycles. The van der Waals surface area contributed by atoms with Crippen LogP contribution in [0.25, 0.3) is 11.0 Å². The summed E-state index contributed by atoms with van der Waals surface area (Å²) in [7, 11) is 0. The van der Waals surface area contributed by atoms with Gasteiger partial charge in [0, 0.05) is 18.5 Å². The molecule has 3 nitrogen and oxygen atoms in total. The number of nitrogens with zero attached hydrogens (tertiary/aromatic N) is 2. The van der Waals surface area contributed by atoms with Crippen molar-refractivity contribution in [2.45, 2.75) is 64.5 Å². The maximum absolute atomic E-state index is 4.84. The molecule has 2 unspecified atom stereocenters. The van der Waals surface area contributed by atoms with Crippen molar-refractivity contribution in [3.05, 3.63) is 30.1 Å². The number of nitrogens with one attached hydrogen (secondary N) is 1. The van der Waals surface area contributed by atoms with Crippen molar-refractivity contribution in [1.29, 1.82) is 0 Å². The number of benzene rings is 1. The smallest absolute Gasteiger partial charge is 0.109 e. The molecule has 1 aromatic heterocycles. The van der Waals surface area contributed by atoms with E-state index in [1.54, 1.807) is 0 Å². The first-order valence-corrected chi connectivity index (χ1v) is 8.52. The Morgan fingerprint density at radius 2 is 2.10 bits per heavy atom. The van der Waals surface area contributed by atoms with E-state index in [0.29, 0.717) is 12.1 Å². The zero-order valence-corrected chi connectivity index (χ0v) is 13.3. The number of rotatable bonds is 5. The van der Waals surface area contributed by atoms with Crippen molar-refractivity contribution in [2.75, 3.05) is 6.54 Å². The average molecular weight is 285 g/mol. The summed E-state index contributed by atoms with van der Waals surface area (Å²) in [5, 5.41) is 3.71. The monoisotopic (exact) mass is 285 g/mol. The van der Waals surface area contributed by atoms with Crippen LogP contribution < -0.4 is 5.32 Å². The topological polar surface area (TPSA) is 29.9 Å². The van der Waals surface area contributed by atoms with Crippen LogP contribution in [-0.4, -0.2) is 22.1 Å². The lowest BCUT2D eigenvalue weighted by Gasteiger charge is -2.32. The van der Waals surface area contributed by atoms with E-state index in [9.17, 15) is 0 Å². The zero-order chi connectivity index (χ0) is 14.7. The fraction of sp³-hybridized carbons (Fsp3) is 0.611. The third-order valence-electron chi connectivity index (χ3n) is 4.68. The molecule has 1 saturated carbocycles. The predicted octanol–water partition coefficient (Wildman–Crippen LogP) is 4.08. The number of imidazole rings is 1. The molecular weight excluding hydrogens is 258 g/mol. The van der Waals surface area contributed by atoms with Gasteiger partial charge in [0.25, 0.3) is 0 Å². The Bertz CT molecular complexity index is 587. The maximum Gasteiger partial charge on any atom is 0.109 e. The van der Waals surface area contributed by atoms with E-state index in [4.69, 9.17) is 4.98 Å². The molecule has 21 heavy (non-hydrogen) atoms. The summed E-state index contributed by atoms with van der Waals surface area (Å²) in [6.07, 6.45) is 7.41. The van der Waals surface area contributed by atoms with Crippen molar-refractivity contribution < 1.29 is 0 Å². The summed E-state index contributed by atoms with van der Waals surface area (Å²) in [5.74, 6) is 1.25. The molecule has 0 amide bonds. The Labute approximate surface area is 127 Å². The largest absolute Gasteiger partial charge is 0.325 e. The minimum atomic E-state index is 0.607. The van der Waals surface area contributed by atoms with Crippen LogP contribution in [0.2, 0.25) is 0 Å². The molecule has 0 aliphatic heterocycles. The Balaban J connectivity index is 1.88. The van der Waals surface area contributed by atoms with Crippen molar-refractivity contribution in [3.8, 4) is 0 Å². The van der Waals surface area contributed by atoms with Crippen LogP contribution in [0, 0.1) is 0 Å². The maximum atomic E-state index is 4.84.